The van der Waals surface area contributed by atoms with Crippen LogP contribution in [0.25, 0.3) is 10.9 Å². The predicted molar refractivity (Wildman–Crippen MR) is 88.1 cm³/mol. The van der Waals surface area contributed by atoms with Crippen LogP contribution in [0.1, 0.15) is 22.7 Å². The molecule has 0 bridgehead atoms. The van der Waals surface area contributed by atoms with E-state index in [9.17, 15) is 0 Å². The molecule has 0 spiro atoms. The number of halogens is 1. The molecule has 0 aliphatic heterocycles. The summed E-state index contributed by atoms with van der Waals surface area (Å²) < 4.78 is 1.09. The van der Waals surface area contributed by atoms with Crippen LogP contribution >= 0.6 is 15.9 Å². The molecule has 3 aromatic rings. The highest BCUT2D eigenvalue weighted by Crippen LogP contribution is 2.31. The molecule has 0 saturated carbocycles. The highest BCUT2D eigenvalue weighted by atomic mass is 79.9. The average molecular weight is 329 g/mol. The summed E-state index contributed by atoms with van der Waals surface area (Å²) in [5, 5.41) is 1.27. The topological polar surface area (TPSA) is 41.8 Å². The Morgan fingerprint density at radius 3 is 2.65 bits per heavy atom. The molecule has 0 fully saturated rings. The van der Waals surface area contributed by atoms with Crippen LogP contribution in [0.3, 0.4) is 0 Å². The van der Waals surface area contributed by atoms with E-state index in [1.54, 1.807) is 0 Å². The van der Waals surface area contributed by atoms with Gasteiger partial charge in [-0.25, -0.2) is 0 Å². The van der Waals surface area contributed by atoms with Gasteiger partial charge in [0.05, 0.1) is 0 Å². The van der Waals surface area contributed by atoms with Crippen molar-refractivity contribution in [1.29, 1.82) is 0 Å². The molecule has 2 nitrogen and oxygen atoms in total. The third-order valence-corrected chi connectivity index (χ3v) is 4.33. The lowest BCUT2D eigenvalue weighted by molar-refractivity contribution is 0.790. The van der Waals surface area contributed by atoms with Gasteiger partial charge in [-0.2, -0.15) is 0 Å². The first-order valence-corrected chi connectivity index (χ1v) is 7.52. The van der Waals surface area contributed by atoms with Crippen LogP contribution < -0.4 is 5.73 Å². The van der Waals surface area contributed by atoms with Crippen LogP contribution in [-0.2, 0) is 0 Å². The first-order chi connectivity index (χ1) is 9.70. The second-order valence-electron chi connectivity index (χ2n) is 5.05. The van der Waals surface area contributed by atoms with Gasteiger partial charge in [0.2, 0.25) is 0 Å². The molecule has 3 heteroatoms. The maximum Gasteiger partial charge on any atom is 0.0459 e. The van der Waals surface area contributed by atoms with Gasteiger partial charge >= 0.3 is 0 Å². The number of nitrogens with two attached hydrogens (primary N) is 1. The summed E-state index contributed by atoms with van der Waals surface area (Å²) in [6.45, 7) is 2.75. The Balaban J connectivity index is 2.14. The maximum absolute atomic E-state index is 6.04. The number of aromatic nitrogens is 1. The Bertz CT molecular complexity index is 746. The van der Waals surface area contributed by atoms with Gasteiger partial charge in [-0.1, -0.05) is 46.3 Å². The van der Waals surface area contributed by atoms with Crippen molar-refractivity contribution in [2.24, 2.45) is 5.73 Å². The number of aromatic amines is 1. The van der Waals surface area contributed by atoms with Gasteiger partial charge in [-0.3, -0.25) is 0 Å². The van der Waals surface area contributed by atoms with E-state index in [2.05, 4.69) is 70.3 Å². The zero-order valence-electron chi connectivity index (χ0n) is 11.4. The molecule has 1 unspecified atom stereocenters. The van der Waals surface area contributed by atoms with E-state index in [0.717, 1.165) is 4.47 Å². The van der Waals surface area contributed by atoms with Crippen molar-refractivity contribution in [2.75, 3.05) is 6.54 Å². The van der Waals surface area contributed by atoms with Crippen LogP contribution in [0.2, 0.25) is 0 Å². The molecule has 20 heavy (non-hydrogen) atoms. The van der Waals surface area contributed by atoms with E-state index >= 15 is 0 Å². The highest BCUT2D eigenvalue weighted by Gasteiger charge is 2.18. The third kappa shape index (κ3) is 2.28. The van der Waals surface area contributed by atoms with Gasteiger partial charge < -0.3 is 10.7 Å². The summed E-state index contributed by atoms with van der Waals surface area (Å²) in [5.74, 6) is 0.194. The van der Waals surface area contributed by atoms with E-state index in [1.165, 1.54) is 27.7 Å². The third-order valence-electron chi connectivity index (χ3n) is 3.84. The van der Waals surface area contributed by atoms with E-state index in [0.29, 0.717) is 6.54 Å². The number of hydrogen-bond acceptors (Lipinski definition) is 1. The SMILES string of the molecule is Cc1c(C(CN)c2cccc(Br)c2)[nH]c2ccccc12. The Kier molecular flexibility index (Phi) is 3.64. The van der Waals surface area contributed by atoms with Gasteiger partial charge in [0.25, 0.3) is 0 Å². The molecular weight excluding hydrogens is 312 g/mol. The Labute approximate surface area is 127 Å². The normalized spacial score (nSPS) is 12.8. The summed E-state index contributed by atoms with van der Waals surface area (Å²) in [6, 6.07) is 16.8. The van der Waals surface area contributed by atoms with Crippen molar-refractivity contribution in [3.63, 3.8) is 0 Å². The van der Waals surface area contributed by atoms with Gasteiger partial charge in [0, 0.05) is 33.5 Å². The lowest BCUT2D eigenvalue weighted by atomic mass is 9.93. The van der Waals surface area contributed by atoms with Crippen molar-refractivity contribution in [1.82, 2.24) is 4.98 Å². The number of hydrogen-bond donors (Lipinski definition) is 2. The molecule has 102 valence electrons. The fraction of sp³-hybridized carbons (Fsp3) is 0.176. The molecule has 2 aromatic carbocycles. The second-order valence-corrected chi connectivity index (χ2v) is 5.97. The summed E-state index contributed by atoms with van der Waals surface area (Å²) in [6.07, 6.45) is 0. The number of fused-ring (bicyclic) bond motifs is 1. The zero-order chi connectivity index (χ0) is 14.1. The van der Waals surface area contributed by atoms with E-state index in [4.69, 9.17) is 5.73 Å². The van der Waals surface area contributed by atoms with Gasteiger partial charge in [-0.15, -0.1) is 0 Å². The zero-order valence-corrected chi connectivity index (χ0v) is 12.9. The quantitative estimate of drug-likeness (QED) is 0.738. The van der Waals surface area contributed by atoms with Crippen LogP contribution in [0, 0.1) is 6.92 Å². The number of rotatable bonds is 3. The molecule has 0 amide bonds. The number of H-pyrrole nitrogens is 1. The highest BCUT2D eigenvalue weighted by molar-refractivity contribution is 9.10. The van der Waals surface area contributed by atoms with Crippen molar-refractivity contribution in [3.05, 3.63) is 69.8 Å². The predicted octanol–water partition coefficient (Wildman–Crippen LogP) is 4.33. The average Bonchev–Trinajstić information content (AvgIpc) is 2.78. The molecule has 3 rings (SSSR count). The fourth-order valence-electron chi connectivity index (χ4n) is 2.80. The summed E-state index contributed by atoms with van der Waals surface area (Å²) in [5.41, 5.74) is 11.0. The monoisotopic (exact) mass is 328 g/mol. The van der Waals surface area contributed by atoms with E-state index < -0.39 is 0 Å². The number of nitrogens with one attached hydrogen (secondary N) is 1. The van der Waals surface area contributed by atoms with Crippen LogP contribution in [0.5, 0.6) is 0 Å². The first kappa shape index (κ1) is 13.4. The molecule has 0 aliphatic rings. The molecule has 1 heterocycles. The number of para-hydroxylation sites is 1. The summed E-state index contributed by atoms with van der Waals surface area (Å²) in [7, 11) is 0. The first-order valence-electron chi connectivity index (χ1n) is 6.73. The minimum Gasteiger partial charge on any atom is -0.358 e. The lowest BCUT2D eigenvalue weighted by Gasteiger charge is -2.15. The van der Waals surface area contributed by atoms with Crippen molar-refractivity contribution >= 4 is 26.8 Å². The fourth-order valence-corrected chi connectivity index (χ4v) is 3.21. The molecule has 3 N–H and O–H groups in total. The van der Waals surface area contributed by atoms with Crippen LogP contribution in [0.4, 0.5) is 0 Å². The molecule has 1 aromatic heterocycles. The molecule has 0 saturated heterocycles. The summed E-state index contributed by atoms with van der Waals surface area (Å²) >= 11 is 3.53. The van der Waals surface area contributed by atoms with Crippen LogP contribution in [-0.4, -0.2) is 11.5 Å². The largest absolute Gasteiger partial charge is 0.358 e. The Morgan fingerprint density at radius 1 is 1.15 bits per heavy atom. The van der Waals surface area contributed by atoms with Gasteiger partial charge in [0.1, 0.15) is 0 Å². The van der Waals surface area contributed by atoms with Crippen molar-refractivity contribution in [3.8, 4) is 0 Å². The van der Waals surface area contributed by atoms with Gasteiger partial charge in [-0.05, 0) is 36.2 Å². The number of aryl methyl sites for hydroxylation is 1. The molecule has 1 atom stereocenters. The minimum absolute atomic E-state index is 0.194. The second kappa shape index (κ2) is 5.43. The molecule has 0 radical (unpaired) electrons. The number of benzene rings is 2. The minimum atomic E-state index is 0.194. The van der Waals surface area contributed by atoms with Crippen molar-refractivity contribution < 1.29 is 0 Å². The maximum atomic E-state index is 6.04. The van der Waals surface area contributed by atoms with Crippen LogP contribution in [0.15, 0.2) is 53.0 Å². The Morgan fingerprint density at radius 2 is 1.95 bits per heavy atom. The lowest BCUT2D eigenvalue weighted by Crippen LogP contribution is -2.15. The van der Waals surface area contributed by atoms with Crippen molar-refractivity contribution in [2.45, 2.75) is 12.8 Å². The smallest absolute Gasteiger partial charge is 0.0459 e. The summed E-state index contributed by atoms with van der Waals surface area (Å²) in [4.78, 5) is 3.54. The molecule has 0 aliphatic carbocycles. The van der Waals surface area contributed by atoms with E-state index in [1.807, 2.05) is 6.07 Å². The van der Waals surface area contributed by atoms with E-state index in [-0.39, 0.29) is 5.92 Å². The van der Waals surface area contributed by atoms with Gasteiger partial charge in [0.15, 0.2) is 0 Å². The Hall–Kier alpha value is -1.58. The molecular formula is C17H17BrN2. The standard InChI is InChI=1S/C17H17BrN2/c1-11-14-7-2-3-8-16(14)20-17(11)15(10-19)12-5-4-6-13(18)9-12/h2-9,15,20H,10,19H2,1H3.